The number of nitrogens with one attached hydrogen (secondary N) is 2. The molecule has 1 aromatic carbocycles. The number of halogens is 1. The van der Waals surface area contributed by atoms with Crippen molar-refractivity contribution in [2.45, 2.75) is 64.1 Å². The van der Waals surface area contributed by atoms with Crippen LogP contribution in [0.4, 0.5) is 15.8 Å². The minimum absolute atomic E-state index is 0.0350. The molecule has 5 rings (SSSR count). The largest absolute Gasteiger partial charge is 0.385 e. The van der Waals surface area contributed by atoms with E-state index in [1.165, 1.54) is 5.01 Å². The van der Waals surface area contributed by atoms with Crippen molar-refractivity contribution in [1.82, 2.24) is 20.1 Å². The molecule has 9 nitrogen and oxygen atoms in total. The summed E-state index contributed by atoms with van der Waals surface area (Å²) < 4.78 is 13.5. The molecule has 4 aliphatic rings. The average molecular weight is 538 g/mol. The van der Waals surface area contributed by atoms with Gasteiger partial charge in [0.2, 0.25) is 5.91 Å². The number of amides is 2. The number of hydrogen-bond donors (Lipinski definition) is 3. The number of likely N-dealkylation sites (tertiary alicyclic amines) is 2. The number of nitrogens with two attached hydrogens (primary N) is 1. The second-order valence-electron chi connectivity index (χ2n) is 11.0. The van der Waals surface area contributed by atoms with E-state index >= 15 is 0 Å². The number of fused-ring (bicyclic) bond motifs is 1. The summed E-state index contributed by atoms with van der Waals surface area (Å²) in [5.41, 5.74) is 3.55. The van der Waals surface area contributed by atoms with E-state index in [0.29, 0.717) is 38.2 Å². The second-order valence-corrected chi connectivity index (χ2v) is 11.0. The van der Waals surface area contributed by atoms with Crippen molar-refractivity contribution in [2.24, 2.45) is 5.84 Å². The van der Waals surface area contributed by atoms with E-state index < -0.39 is 12.5 Å². The summed E-state index contributed by atoms with van der Waals surface area (Å²) in [6.45, 7) is 6.98. The molecule has 2 unspecified atom stereocenters. The van der Waals surface area contributed by atoms with Crippen molar-refractivity contribution >= 4 is 23.2 Å². The van der Waals surface area contributed by atoms with Gasteiger partial charge in [-0.2, -0.15) is 0 Å². The Bertz CT molecular complexity index is 1170. The fourth-order valence-corrected chi connectivity index (χ4v) is 6.01. The molecule has 4 atom stereocenters. The Balaban J connectivity index is 1.35. The maximum absolute atomic E-state index is 13.5. The van der Waals surface area contributed by atoms with Crippen molar-refractivity contribution in [3.8, 4) is 0 Å². The SMILES string of the molecule is Cc1cccc2c1N([C@@H]1CCCCN(C(=O)/C=C/CN3CC[C@@H](F)C3)C1)C(N(N)C(=O)C1=CC(C)NC=C1)N2. The van der Waals surface area contributed by atoms with E-state index in [1.807, 2.05) is 41.0 Å². The normalized spacial score (nSPS) is 27.1. The summed E-state index contributed by atoms with van der Waals surface area (Å²) in [6, 6.07) is 6.05. The zero-order chi connectivity index (χ0) is 27.5. The van der Waals surface area contributed by atoms with Gasteiger partial charge in [-0.25, -0.2) is 15.2 Å². The van der Waals surface area contributed by atoms with Crippen molar-refractivity contribution in [3.05, 3.63) is 59.8 Å². The third-order valence-corrected chi connectivity index (χ3v) is 8.03. The molecule has 0 aliphatic carbocycles. The molecule has 0 aromatic heterocycles. The molecule has 4 aliphatic heterocycles. The molecule has 2 amide bonds. The smallest absolute Gasteiger partial charge is 0.270 e. The van der Waals surface area contributed by atoms with Crippen LogP contribution in [0, 0.1) is 6.92 Å². The highest BCUT2D eigenvalue weighted by Gasteiger charge is 2.41. The van der Waals surface area contributed by atoms with Gasteiger partial charge in [-0.15, -0.1) is 0 Å². The lowest BCUT2D eigenvalue weighted by Gasteiger charge is -2.40. The van der Waals surface area contributed by atoms with Gasteiger partial charge in [0.25, 0.3) is 5.91 Å². The van der Waals surface area contributed by atoms with Crippen LogP contribution in [0.3, 0.4) is 0 Å². The Kier molecular flexibility index (Phi) is 8.23. The number of alkyl halides is 1. The van der Waals surface area contributed by atoms with Crippen molar-refractivity contribution < 1.29 is 14.0 Å². The number of para-hydroxylation sites is 1. The highest BCUT2D eigenvalue weighted by Crippen LogP contribution is 2.41. The van der Waals surface area contributed by atoms with Crippen molar-refractivity contribution in [2.75, 3.05) is 42.9 Å². The molecule has 4 N–H and O–H groups in total. The van der Waals surface area contributed by atoms with Gasteiger partial charge >= 0.3 is 0 Å². The van der Waals surface area contributed by atoms with Gasteiger partial charge in [-0.3, -0.25) is 14.5 Å². The number of carbonyl (C=O) groups excluding carboxylic acids is 2. The van der Waals surface area contributed by atoms with E-state index in [9.17, 15) is 14.0 Å². The number of nitrogens with zero attached hydrogens (tertiary/aromatic N) is 4. The van der Waals surface area contributed by atoms with E-state index in [0.717, 1.165) is 42.7 Å². The monoisotopic (exact) mass is 537 g/mol. The lowest BCUT2D eigenvalue weighted by Crippen LogP contribution is -2.60. The van der Waals surface area contributed by atoms with E-state index in [4.69, 9.17) is 5.84 Å². The average Bonchev–Trinajstić information content (AvgIpc) is 3.43. The van der Waals surface area contributed by atoms with E-state index in [1.54, 1.807) is 18.4 Å². The summed E-state index contributed by atoms with van der Waals surface area (Å²) >= 11 is 0. The van der Waals surface area contributed by atoms with Crippen LogP contribution in [0.2, 0.25) is 0 Å². The van der Waals surface area contributed by atoms with Gasteiger partial charge in [0.15, 0.2) is 6.29 Å². The first-order valence-electron chi connectivity index (χ1n) is 14.0. The van der Waals surface area contributed by atoms with Crippen LogP contribution in [0.25, 0.3) is 0 Å². The van der Waals surface area contributed by atoms with Crippen LogP contribution in [0.5, 0.6) is 0 Å². The number of dihydropyridines is 1. The molecular weight excluding hydrogens is 497 g/mol. The first kappa shape index (κ1) is 27.2. The third-order valence-electron chi connectivity index (χ3n) is 8.03. The summed E-state index contributed by atoms with van der Waals surface area (Å²) in [6.07, 6.45) is 10.8. The highest BCUT2D eigenvalue weighted by atomic mass is 19.1. The minimum Gasteiger partial charge on any atom is -0.385 e. The molecule has 0 saturated carbocycles. The Hall–Kier alpha value is -3.37. The van der Waals surface area contributed by atoms with Gasteiger partial charge in [0, 0.05) is 50.4 Å². The molecule has 1 aromatic rings. The van der Waals surface area contributed by atoms with Gasteiger partial charge in [0.1, 0.15) is 6.17 Å². The molecule has 39 heavy (non-hydrogen) atoms. The molecule has 0 radical (unpaired) electrons. The van der Waals surface area contributed by atoms with E-state index in [-0.39, 0.29) is 23.9 Å². The van der Waals surface area contributed by atoms with Crippen molar-refractivity contribution in [1.29, 1.82) is 0 Å². The van der Waals surface area contributed by atoms with Crippen LogP contribution in [0.15, 0.2) is 54.3 Å². The first-order chi connectivity index (χ1) is 18.8. The Labute approximate surface area is 230 Å². The fraction of sp³-hybridized carbons (Fsp3) is 0.517. The maximum atomic E-state index is 13.5. The molecule has 210 valence electrons. The van der Waals surface area contributed by atoms with Gasteiger partial charge in [-0.05, 0) is 69.5 Å². The van der Waals surface area contributed by atoms with Crippen LogP contribution < -0.4 is 21.4 Å². The van der Waals surface area contributed by atoms with Gasteiger partial charge in [0.05, 0.1) is 17.4 Å². The lowest BCUT2D eigenvalue weighted by atomic mass is 10.1. The van der Waals surface area contributed by atoms with Crippen LogP contribution in [-0.4, -0.2) is 83.9 Å². The number of benzene rings is 1. The summed E-state index contributed by atoms with van der Waals surface area (Å²) in [5, 5.41) is 7.90. The first-order valence-corrected chi connectivity index (χ1v) is 14.0. The zero-order valence-electron chi connectivity index (χ0n) is 22.9. The number of hydrogen-bond acceptors (Lipinski definition) is 7. The summed E-state index contributed by atoms with van der Waals surface area (Å²) in [4.78, 5) is 32.8. The second kappa shape index (κ2) is 11.8. The number of hydrazine groups is 1. The minimum atomic E-state index is -0.770. The number of aryl methyl sites for hydroxylation is 1. The Morgan fingerprint density at radius 2 is 2.05 bits per heavy atom. The van der Waals surface area contributed by atoms with E-state index in [2.05, 4.69) is 28.5 Å². The molecule has 0 bridgehead atoms. The standard InChI is InChI=1S/C29H40FN7O2/c1-20-7-5-9-25-27(20)36(29(33-25)37(31)28(39)22-11-13-32-21(2)17-22)24-8-3-4-15-35(19-24)26(38)10-6-14-34-16-12-23(30)18-34/h5-7,9-11,13,17,21,23-24,29,32-33H,3-4,8,12,14-16,18-19,31H2,1-2H3/b10-6+/t21?,23-,24-,29?/m1/s1. The molecule has 2 saturated heterocycles. The van der Waals surface area contributed by atoms with Gasteiger partial charge in [-0.1, -0.05) is 18.2 Å². The zero-order valence-corrected chi connectivity index (χ0v) is 22.9. The molecule has 10 heteroatoms. The van der Waals surface area contributed by atoms with Crippen LogP contribution in [0.1, 0.15) is 38.2 Å². The fourth-order valence-electron chi connectivity index (χ4n) is 6.01. The molecule has 0 spiro atoms. The predicted octanol–water partition coefficient (Wildman–Crippen LogP) is 2.63. The summed E-state index contributed by atoms with van der Waals surface area (Å²) in [5.74, 6) is 6.25. The Morgan fingerprint density at radius 3 is 2.82 bits per heavy atom. The quantitative estimate of drug-likeness (QED) is 0.222. The lowest BCUT2D eigenvalue weighted by molar-refractivity contribution is -0.129. The maximum Gasteiger partial charge on any atom is 0.270 e. The molecular formula is C29H40FN7O2. The predicted molar refractivity (Wildman–Crippen MR) is 151 cm³/mol. The number of carbonyl (C=O) groups is 2. The third kappa shape index (κ3) is 5.96. The van der Waals surface area contributed by atoms with Gasteiger partial charge < -0.3 is 20.4 Å². The Morgan fingerprint density at radius 1 is 1.21 bits per heavy atom. The van der Waals surface area contributed by atoms with Crippen LogP contribution >= 0.6 is 0 Å². The van der Waals surface area contributed by atoms with Crippen LogP contribution in [-0.2, 0) is 9.59 Å². The summed E-state index contributed by atoms with van der Waals surface area (Å²) in [7, 11) is 0. The highest BCUT2D eigenvalue weighted by molar-refractivity contribution is 5.97. The number of anilines is 2. The molecule has 4 heterocycles. The van der Waals surface area contributed by atoms with Crippen molar-refractivity contribution in [3.63, 3.8) is 0 Å². The number of rotatable bonds is 6. The topological polar surface area (TPSA) is 97.2 Å². The molecule has 2 fully saturated rings.